The molecule has 2 aliphatic heterocycles. The number of nitrogens with one attached hydrogen (secondary N) is 2. The van der Waals surface area contributed by atoms with Crippen LogP contribution >= 0.6 is 0 Å². The standard InChI is InChI=1S/C26H32F2N4O4/c1-16(2)19-6-4-5-7-20(19)26(14-32(15-26)22(33)12-18-13-35-11-10-29-18)24(34)31-21-9-8-17(3)30-23(21)36-25(27)28/h4-9,16,18,25,29H,10-15H2,1-3H3,(H,31,34)/t18-/m0/s1. The maximum atomic E-state index is 13.8. The van der Waals surface area contributed by atoms with Crippen LogP contribution in [-0.4, -0.2) is 67.2 Å². The van der Waals surface area contributed by atoms with E-state index >= 15 is 0 Å². The van der Waals surface area contributed by atoms with Gasteiger partial charge >= 0.3 is 6.61 Å². The molecule has 2 aromatic rings. The van der Waals surface area contributed by atoms with E-state index in [-0.39, 0.29) is 48.9 Å². The van der Waals surface area contributed by atoms with Crippen molar-refractivity contribution in [2.45, 2.75) is 51.2 Å². The highest BCUT2D eigenvalue weighted by molar-refractivity contribution is 6.02. The number of halogens is 2. The van der Waals surface area contributed by atoms with Gasteiger partial charge in [0.2, 0.25) is 17.7 Å². The van der Waals surface area contributed by atoms with Crippen molar-refractivity contribution in [2.75, 3.05) is 38.2 Å². The van der Waals surface area contributed by atoms with Crippen LogP contribution in [0.4, 0.5) is 14.5 Å². The normalized spacial score (nSPS) is 19.2. The number of nitrogens with zero attached hydrogens (tertiary/aromatic N) is 2. The maximum Gasteiger partial charge on any atom is 0.388 e. The predicted molar refractivity (Wildman–Crippen MR) is 130 cm³/mol. The molecule has 0 radical (unpaired) electrons. The number of rotatable bonds is 8. The number of alkyl halides is 2. The second-order valence-corrected chi connectivity index (χ2v) is 9.64. The minimum Gasteiger partial charge on any atom is -0.415 e. The number of ether oxygens (including phenoxy) is 2. The first-order valence-corrected chi connectivity index (χ1v) is 12.1. The number of hydrogen-bond donors (Lipinski definition) is 2. The van der Waals surface area contributed by atoms with Gasteiger partial charge in [0, 0.05) is 37.8 Å². The molecule has 1 aromatic carbocycles. The lowest BCUT2D eigenvalue weighted by Crippen LogP contribution is -2.67. The molecular formula is C26H32F2N4O4. The van der Waals surface area contributed by atoms with Gasteiger partial charge in [-0.05, 0) is 36.1 Å². The maximum absolute atomic E-state index is 13.8. The second kappa shape index (κ2) is 10.9. The van der Waals surface area contributed by atoms with Crippen molar-refractivity contribution in [1.82, 2.24) is 15.2 Å². The van der Waals surface area contributed by atoms with Crippen LogP contribution in [0.3, 0.4) is 0 Å². The third-order valence-electron chi connectivity index (χ3n) is 6.68. The highest BCUT2D eigenvalue weighted by atomic mass is 19.3. The SMILES string of the molecule is Cc1ccc(NC(=O)C2(c3ccccc3C(C)C)CN(C(=O)C[C@H]3COCCN3)C2)c(OC(F)F)n1. The number of carbonyl (C=O) groups is 2. The molecule has 2 saturated heterocycles. The molecule has 36 heavy (non-hydrogen) atoms. The molecule has 1 aromatic heterocycles. The molecule has 0 saturated carbocycles. The van der Waals surface area contributed by atoms with Crippen molar-refractivity contribution in [3.63, 3.8) is 0 Å². The molecule has 1 atom stereocenters. The van der Waals surface area contributed by atoms with E-state index in [1.54, 1.807) is 17.9 Å². The summed E-state index contributed by atoms with van der Waals surface area (Å²) in [6, 6.07) is 10.7. The number of benzene rings is 1. The highest BCUT2D eigenvalue weighted by Gasteiger charge is 2.53. The average molecular weight is 503 g/mol. The van der Waals surface area contributed by atoms with E-state index < -0.39 is 17.9 Å². The summed E-state index contributed by atoms with van der Waals surface area (Å²) in [5, 5.41) is 6.04. The predicted octanol–water partition coefficient (Wildman–Crippen LogP) is 3.21. The Morgan fingerprint density at radius 2 is 2.00 bits per heavy atom. The van der Waals surface area contributed by atoms with Crippen molar-refractivity contribution < 1.29 is 27.8 Å². The van der Waals surface area contributed by atoms with Crippen LogP contribution < -0.4 is 15.4 Å². The topological polar surface area (TPSA) is 92.8 Å². The molecule has 0 unspecified atom stereocenters. The Labute approximate surface area is 209 Å². The van der Waals surface area contributed by atoms with Gasteiger partial charge in [0.1, 0.15) is 11.1 Å². The summed E-state index contributed by atoms with van der Waals surface area (Å²) < 4.78 is 36.0. The molecule has 2 aliphatic rings. The summed E-state index contributed by atoms with van der Waals surface area (Å²) in [4.78, 5) is 32.5. The molecule has 8 nitrogen and oxygen atoms in total. The number of aromatic nitrogens is 1. The number of amides is 2. The summed E-state index contributed by atoms with van der Waals surface area (Å²) in [6.07, 6.45) is 0.276. The fraction of sp³-hybridized carbons (Fsp3) is 0.500. The Bertz CT molecular complexity index is 1100. The van der Waals surface area contributed by atoms with Crippen molar-refractivity contribution in [3.05, 3.63) is 53.2 Å². The Balaban J connectivity index is 1.61. The summed E-state index contributed by atoms with van der Waals surface area (Å²) in [5.74, 6) is -0.676. The number of hydrogen-bond acceptors (Lipinski definition) is 6. The molecule has 2 fully saturated rings. The zero-order chi connectivity index (χ0) is 25.9. The van der Waals surface area contributed by atoms with Crippen molar-refractivity contribution >= 4 is 17.5 Å². The Kier molecular flexibility index (Phi) is 7.85. The van der Waals surface area contributed by atoms with Crippen LogP contribution in [-0.2, 0) is 19.7 Å². The third-order valence-corrected chi connectivity index (χ3v) is 6.68. The molecule has 10 heteroatoms. The van der Waals surface area contributed by atoms with Crippen LogP contribution in [0.15, 0.2) is 36.4 Å². The molecule has 0 spiro atoms. The quantitative estimate of drug-likeness (QED) is 0.576. The van der Waals surface area contributed by atoms with Gasteiger partial charge in [-0.15, -0.1) is 0 Å². The lowest BCUT2D eigenvalue weighted by atomic mass is 9.69. The molecule has 3 heterocycles. The number of pyridine rings is 1. The average Bonchev–Trinajstić information content (AvgIpc) is 2.80. The first-order valence-electron chi connectivity index (χ1n) is 12.1. The molecule has 194 valence electrons. The summed E-state index contributed by atoms with van der Waals surface area (Å²) in [6.45, 7) is 4.78. The van der Waals surface area contributed by atoms with Gasteiger partial charge in [0.15, 0.2) is 0 Å². The monoisotopic (exact) mass is 502 g/mol. The van der Waals surface area contributed by atoms with Gasteiger partial charge in [-0.3, -0.25) is 9.59 Å². The van der Waals surface area contributed by atoms with E-state index in [9.17, 15) is 18.4 Å². The lowest BCUT2D eigenvalue weighted by molar-refractivity contribution is -0.145. The van der Waals surface area contributed by atoms with Gasteiger partial charge in [0.05, 0.1) is 13.2 Å². The van der Waals surface area contributed by atoms with Gasteiger partial charge in [-0.2, -0.15) is 8.78 Å². The van der Waals surface area contributed by atoms with Gasteiger partial charge in [-0.25, -0.2) is 4.98 Å². The van der Waals surface area contributed by atoms with Gasteiger partial charge < -0.3 is 25.0 Å². The highest BCUT2D eigenvalue weighted by Crippen LogP contribution is 2.41. The first-order chi connectivity index (χ1) is 17.2. The van der Waals surface area contributed by atoms with Crippen LogP contribution in [0.5, 0.6) is 5.88 Å². The molecule has 0 bridgehead atoms. The van der Waals surface area contributed by atoms with E-state index in [2.05, 4.69) is 20.4 Å². The zero-order valence-electron chi connectivity index (χ0n) is 20.7. The molecule has 2 N–H and O–H groups in total. The summed E-state index contributed by atoms with van der Waals surface area (Å²) >= 11 is 0. The Morgan fingerprint density at radius 3 is 2.67 bits per heavy atom. The van der Waals surface area contributed by atoms with E-state index in [0.29, 0.717) is 25.5 Å². The fourth-order valence-corrected chi connectivity index (χ4v) is 4.79. The third kappa shape index (κ3) is 5.49. The van der Waals surface area contributed by atoms with Crippen LogP contribution in [0.2, 0.25) is 0 Å². The molecule has 4 rings (SSSR count). The number of carbonyl (C=O) groups excluding carboxylic acids is 2. The first kappa shape index (κ1) is 26.0. The van der Waals surface area contributed by atoms with Gasteiger partial charge in [0.25, 0.3) is 0 Å². The van der Waals surface area contributed by atoms with E-state index in [1.165, 1.54) is 6.07 Å². The molecular weight excluding hydrogens is 470 g/mol. The zero-order valence-corrected chi connectivity index (χ0v) is 20.7. The van der Waals surface area contributed by atoms with E-state index in [1.807, 2.05) is 38.1 Å². The Hall–Kier alpha value is -3.11. The van der Waals surface area contributed by atoms with Crippen LogP contribution in [0.1, 0.15) is 43.0 Å². The van der Waals surface area contributed by atoms with E-state index in [0.717, 1.165) is 11.1 Å². The fourth-order valence-electron chi connectivity index (χ4n) is 4.79. The van der Waals surface area contributed by atoms with E-state index in [4.69, 9.17) is 4.74 Å². The number of anilines is 1. The molecule has 0 aliphatic carbocycles. The summed E-state index contributed by atoms with van der Waals surface area (Å²) in [7, 11) is 0. The number of likely N-dealkylation sites (tertiary alicyclic amines) is 1. The summed E-state index contributed by atoms with van der Waals surface area (Å²) in [5.41, 5.74) is 1.30. The second-order valence-electron chi connectivity index (χ2n) is 9.64. The Morgan fingerprint density at radius 1 is 1.25 bits per heavy atom. The smallest absolute Gasteiger partial charge is 0.388 e. The molecule has 2 amide bonds. The van der Waals surface area contributed by atoms with Crippen molar-refractivity contribution in [3.8, 4) is 5.88 Å². The van der Waals surface area contributed by atoms with Gasteiger partial charge in [-0.1, -0.05) is 38.1 Å². The largest absolute Gasteiger partial charge is 0.415 e. The number of aryl methyl sites for hydroxylation is 1. The lowest BCUT2D eigenvalue weighted by Gasteiger charge is -2.50. The van der Waals surface area contributed by atoms with Crippen LogP contribution in [0.25, 0.3) is 0 Å². The minimum absolute atomic E-state index is 0.0561. The van der Waals surface area contributed by atoms with Crippen molar-refractivity contribution in [1.29, 1.82) is 0 Å². The number of morpholine rings is 1. The minimum atomic E-state index is -3.08. The van der Waals surface area contributed by atoms with Crippen LogP contribution in [0, 0.1) is 6.92 Å². The van der Waals surface area contributed by atoms with Crippen molar-refractivity contribution in [2.24, 2.45) is 0 Å².